The van der Waals surface area contributed by atoms with Gasteiger partial charge in [0.2, 0.25) is 10.0 Å². The van der Waals surface area contributed by atoms with Crippen molar-refractivity contribution in [3.63, 3.8) is 0 Å². The van der Waals surface area contributed by atoms with Crippen LogP contribution in [0.1, 0.15) is 45.7 Å². The first kappa shape index (κ1) is 20.4. The molecule has 1 amide bonds. The average Bonchev–Trinajstić information content (AvgIpc) is 2.36. The molecule has 1 aromatic carbocycles. The zero-order valence-corrected chi connectivity index (χ0v) is 16.1. The Morgan fingerprint density at radius 3 is 2.25 bits per heavy atom. The van der Waals surface area contributed by atoms with Gasteiger partial charge in [0.1, 0.15) is 5.60 Å². The zero-order valence-electron chi connectivity index (χ0n) is 15.3. The molecule has 7 heteroatoms. The highest BCUT2D eigenvalue weighted by Crippen LogP contribution is 2.12. The van der Waals surface area contributed by atoms with Gasteiger partial charge in [-0.25, -0.2) is 17.9 Å². The minimum Gasteiger partial charge on any atom is -0.444 e. The second-order valence-electron chi connectivity index (χ2n) is 7.52. The van der Waals surface area contributed by atoms with Gasteiger partial charge in [-0.15, -0.1) is 0 Å². The van der Waals surface area contributed by atoms with Crippen LogP contribution < -0.4 is 10.0 Å². The lowest BCUT2D eigenvalue weighted by molar-refractivity contribution is 0.0474. The van der Waals surface area contributed by atoms with Crippen LogP contribution in [0.3, 0.4) is 0 Å². The molecule has 0 aliphatic rings. The number of nitrogens with one attached hydrogen (secondary N) is 2. The molecule has 0 saturated heterocycles. The van der Waals surface area contributed by atoms with Gasteiger partial charge < -0.3 is 10.1 Å². The second-order valence-corrected chi connectivity index (χ2v) is 9.32. The summed E-state index contributed by atoms with van der Waals surface area (Å²) in [5, 5.41) is 2.67. The summed E-state index contributed by atoms with van der Waals surface area (Å²) < 4.78 is 32.3. The molecule has 0 radical (unpaired) electrons. The third kappa shape index (κ3) is 7.79. The highest BCUT2D eigenvalue weighted by atomic mass is 32.2. The minimum atomic E-state index is -3.50. The van der Waals surface area contributed by atoms with E-state index in [1.807, 2.05) is 25.1 Å². The standard InChI is InChI=1S/C17H28N2O4S/c1-13-9-7-8-10-14(13)11-24(21,22)18-12-17(5,6)19-15(20)23-16(2,3)4/h7-10,18H,11-12H2,1-6H3,(H,19,20). The number of sulfonamides is 1. The predicted octanol–water partition coefficient (Wildman–Crippen LogP) is 2.72. The van der Waals surface area contributed by atoms with Crippen LogP contribution in [-0.2, 0) is 20.5 Å². The van der Waals surface area contributed by atoms with Crippen LogP contribution in [0.15, 0.2) is 24.3 Å². The molecule has 1 aromatic rings. The Hall–Kier alpha value is -1.60. The van der Waals surface area contributed by atoms with E-state index in [-0.39, 0.29) is 12.3 Å². The summed E-state index contributed by atoms with van der Waals surface area (Å²) in [5.74, 6) is -0.0950. The number of hydrogen-bond acceptors (Lipinski definition) is 4. The summed E-state index contributed by atoms with van der Waals surface area (Å²) in [6, 6.07) is 7.34. The maximum absolute atomic E-state index is 12.3. The molecular weight excluding hydrogens is 328 g/mol. The van der Waals surface area contributed by atoms with Crippen LogP contribution in [0.25, 0.3) is 0 Å². The highest BCUT2D eigenvalue weighted by Gasteiger charge is 2.26. The van der Waals surface area contributed by atoms with E-state index in [1.165, 1.54) is 0 Å². The maximum Gasteiger partial charge on any atom is 0.408 e. The lowest BCUT2D eigenvalue weighted by atomic mass is 10.1. The fourth-order valence-electron chi connectivity index (χ4n) is 1.94. The van der Waals surface area contributed by atoms with Gasteiger partial charge in [0.25, 0.3) is 0 Å². The molecule has 136 valence electrons. The normalized spacial score (nSPS) is 12.8. The smallest absolute Gasteiger partial charge is 0.408 e. The van der Waals surface area contributed by atoms with E-state index in [0.29, 0.717) is 0 Å². The topological polar surface area (TPSA) is 84.5 Å². The molecule has 24 heavy (non-hydrogen) atoms. The van der Waals surface area contributed by atoms with E-state index in [0.717, 1.165) is 11.1 Å². The first-order valence-corrected chi connectivity index (χ1v) is 9.48. The molecule has 0 bridgehead atoms. The van der Waals surface area contributed by atoms with Crippen molar-refractivity contribution in [3.05, 3.63) is 35.4 Å². The fourth-order valence-corrected chi connectivity index (χ4v) is 3.36. The van der Waals surface area contributed by atoms with Crippen molar-refractivity contribution in [3.8, 4) is 0 Å². The van der Waals surface area contributed by atoms with Crippen molar-refractivity contribution in [1.82, 2.24) is 10.0 Å². The highest BCUT2D eigenvalue weighted by molar-refractivity contribution is 7.88. The Morgan fingerprint density at radius 1 is 1.12 bits per heavy atom. The molecule has 0 saturated carbocycles. The number of alkyl carbamates (subject to hydrolysis) is 1. The monoisotopic (exact) mass is 356 g/mol. The molecule has 0 aromatic heterocycles. The lowest BCUT2D eigenvalue weighted by Crippen LogP contribution is -2.52. The largest absolute Gasteiger partial charge is 0.444 e. The summed E-state index contributed by atoms with van der Waals surface area (Å²) in [5.41, 5.74) is 0.294. The van der Waals surface area contributed by atoms with Gasteiger partial charge in [-0.05, 0) is 52.7 Å². The van der Waals surface area contributed by atoms with Crippen LogP contribution in [0.2, 0.25) is 0 Å². The Labute approximate surface area is 145 Å². The SMILES string of the molecule is Cc1ccccc1CS(=O)(=O)NCC(C)(C)NC(=O)OC(C)(C)C. The number of carbonyl (C=O) groups is 1. The van der Waals surface area contributed by atoms with Crippen molar-refractivity contribution in [2.45, 2.75) is 58.4 Å². The first-order chi connectivity index (χ1) is 10.8. The summed E-state index contributed by atoms with van der Waals surface area (Å²) >= 11 is 0. The number of carbonyl (C=O) groups excluding carboxylic acids is 1. The molecular formula is C17H28N2O4S. The number of hydrogen-bond donors (Lipinski definition) is 2. The average molecular weight is 356 g/mol. The third-order valence-electron chi connectivity index (χ3n) is 3.18. The van der Waals surface area contributed by atoms with E-state index < -0.39 is 27.3 Å². The Morgan fingerprint density at radius 2 is 1.71 bits per heavy atom. The molecule has 2 N–H and O–H groups in total. The van der Waals surface area contributed by atoms with Gasteiger partial charge in [-0.2, -0.15) is 0 Å². The molecule has 0 fully saturated rings. The molecule has 6 nitrogen and oxygen atoms in total. The Balaban J connectivity index is 2.62. The van der Waals surface area contributed by atoms with E-state index in [1.54, 1.807) is 40.7 Å². The number of ether oxygens (including phenoxy) is 1. The number of aryl methyl sites for hydroxylation is 1. The number of benzene rings is 1. The molecule has 0 aliphatic heterocycles. The van der Waals surface area contributed by atoms with Crippen molar-refractivity contribution in [2.24, 2.45) is 0 Å². The Bertz CT molecular complexity index is 676. The van der Waals surface area contributed by atoms with Crippen molar-refractivity contribution in [2.75, 3.05) is 6.54 Å². The Kier molecular flexibility index (Phi) is 6.41. The summed E-state index contributed by atoms with van der Waals surface area (Å²) in [4.78, 5) is 11.8. The van der Waals surface area contributed by atoms with E-state index in [9.17, 15) is 13.2 Å². The molecule has 0 atom stereocenters. The van der Waals surface area contributed by atoms with Crippen molar-refractivity contribution in [1.29, 1.82) is 0 Å². The van der Waals surface area contributed by atoms with Crippen LogP contribution in [-0.4, -0.2) is 32.2 Å². The van der Waals surface area contributed by atoms with Crippen molar-refractivity contribution < 1.29 is 17.9 Å². The number of rotatable bonds is 6. The second kappa shape index (κ2) is 7.53. The van der Waals surface area contributed by atoms with Crippen LogP contribution in [0.5, 0.6) is 0 Å². The van der Waals surface area contributed by atoms with E-state index in [4.69, 9.17) is 4.74 Å². The quantitative estimate of drug-likeness (QED) is 0.821. The van der Waals surface area contributed by atoms with Gasteiger partial charge in [-0.3, -0.25) is 0 Å². The first-order valence-electron chi connectivity index (χ1n) is 7.83. The van der Waals surface area contributed by atoms with Gasteiger partial charge in [0, 0.05) is 6.54 Å². The zero-order chi connectivity index (χ0) is 18.6. The van der Waals surface area contributed by atoms with Crippen LogP contribution in [0.4, 0.5) is 4.79 Å². The molecule has 0 unspecified atom stereocenters. The summed E-state index contributed by atoms with van der Waals surface area (Å²) in [6.07, 6.45) is -0.578. The van der Waals surface area contributed by atoms with Gasteiger partial charge >= 0.3 is 6.09 Å². The molecule has 0 heterocycles. The molecule has 0 aliphatic carbocycles. The molecule has 0 spiro atoms. The molecule has 1 rings (SSSR count). The van der Waals surface area contributed by atoms with E-state index in [2.05, 4.69) is 10.0 Å². The summed E-state index contributed by atoms with van der Waals surface area (Å²) in [7, 11) is -3.50. The van der Waals surface area contributed by atoms with Crippen molar-refractivity contribution >= 4 is 16.1 Å². The predicted molar refractivity (Wildman–Crippen MR) is 95.3 cm³/mol. The summed E-state index contributed by atoms with van der Waals surface area (Å²) in [6.45, 7) is 10.7. The number of amides is 1. The fraction of sp³-hybridized carbons (Fsp3) is 0.588. The van der Waals surface area contributed by atoms with Gasteiger partial charge in [0.05, 0.1) is 11.3 Å². The lowest BCUT2D eigenvalue weighted by Gasteiger charge is -2.28. The van der Waals surface area contributed by atoms with E-state index >= 15 is 0 Å². The van der Waals surface area contributed by atoms with Crippen LogP contribution in [0, 0.1) is 6.92 Å². The third-order valence-corrected chi connectivity index (χ3v) is 4.46. The minimum absolute atomic E-state index is 0.0699. The van der Waals surface area contributed by atoms with Crippen LogP contribution >= 0.6 is 0 Å². The van der Waals surface area contributed by atoms with Gasteiger partial charge in [-0.1, -0.05) is 24.3 Å². The van der Waals surface area contributed by atoms with Gasteiger partial charge in [0.15, 0.2) is 0 Å². The maximum atomic E-state index is 12.3.